The van der Waals surface area contributed by atoms with Crippen molar-refractivity contribution in [2.45, 2.75) is 38.1 Å². The first kappa shape index (κ1) is 14.1. The summed E-state index contributed by atoms with van der Waals surface area (Å²) in [6.07, 6.45) is 7.34. The molecule has 1 aromatic rings. The molecule has 0 aromatic carbocycles. The Hall–Kier alpha value is -1.29. The van der Waals surface area contributed by atoms with Crippen LogP contribution in [0.25, 0.3) is 0 Å². The highest BCUT2D eigenvalue weighted by Gasteiger charge is 2.21. The molecule has 0 spiro atoms. The Kier molecular flexibility index (Phi) is 5.02. The van der Waals surface area contributed by atoms with E-state index in [0.717, 1.165) is 5.76 Å². The van der Waals surface area contributed by atoms with Crippen LogP contribution in [-0.2, 0) is 4.79 Å². The van der Waals surface area contributed by atoms with E-state index in [1.54, 1.807) is 6.26 Å². The summed E-state index contributed by atoms with van der Waals surface area (Å²) in [4.78, 5) is 14.0. The standard InChI is InChI=1S/C15H24N2O2/c1-17(2)13(14-8-5-9-19-14)11-16-15(18)10-12-6-3-4-7-12/h5,8-9,12-13H,3-4,6-7,10-11H2,1-2H3,(H,16,18). The topological polar surface area (TPSA) is 45.5 Å². The fourth-order valence-electron chi connectivity index (χ4n) is 2.78. The SMILES string of the molecule is CN(C)C(CNC(=O)CC1CCCC1)c1ccco1. The highest BCUT2D eigenvalue weighted by molar-refractivity contribution is 5.76. The Bertz CT molecular complexity index is 381. The van der Waals surface area contributed by atoms with Gasteiger partial charge in [0, 0.05) is 13.0 Å². The molecule has 0 aliphatic heterocycles. The normalized spacial score (nSPS) is 17.8. The minimum Gasteiger partial charge on any atom is -0.468 e. The zero-order valence-corrected chi connectivity index (χ0v) is 11.9. The minimum atomic E-state index is 0.0996. The minimum absolute atomic E-state index is 0.0996. The maximum Gasteiger partial charge on any atom is 0.220 e. The second-order valence-corrected chi connectivity index (χ2v) is 5.65. The van der Waals surface area contributed by atoms with Gasteiger partial charge in [0.1, 0.15) is 5.76 Å². The van der Waals surface area contributed by atoms with Gasteiger partial charge in [-0.05, 0) is 45.0 Å². The number of rotatable bonds is 6. The maximum atomic E-state index is 11.9. The van der Waals surface area contributed by atoms with Crippen molar-refractivity contribution in [1.29, 1.82) is 0 Å². The first-order chi connectivity index (χ1) is 9.16. The molecular formula is C15H24N2O2. The van der Waals surface area contributed by atoms with Crippen molar-refractivity contribution in [3.63, 3.8) is 0 Å². The first-order valence-electron chi connectivity index (χ1n) is 7.13. The van der Waals surface area contributed by atoms with Gasteiger partial charge in [-0.1, -0.05) is 12.8 Å². The second-order valence-electron chi connectivity index (χ2n) is 5.65. The summed E-state index contributed by atoms with van der Waals surface area (Å²) in [6, 6.07) is 3.93. The lowest BCUT2D eigenvalue weighted by atomic mass is 10.0. The van der Waals surface area contributed by atoms with Crippen molar-refractivity contribution in [3.05, 3.63) is 24.2 Å². The van der Waals surface area contributed by atoms with Crippen molar-refractivity contribution < 1.29 is 9.21 Å². The Balaban J connectivity index is 1.80. The van der Waals surface area contributed by atoms with E-state index in [2.05, 4.69) is 10.2 Å². The molecule has 4 nitrogen and oxygen atoms in total. The highest BCUT2D eigenvalue weighted by atomic mass is 16.3. The molecule has 0 radical (unpaired) electrons. The van der Waals surface area contributed by atoms with Crippen LogP contribution in [0.3, 0.4) is 0 Å². The van der Waals surface area contributed by atoms with Crippen molar-refractivity contribution in [2.24, 2.45) is 5.92 Å². The van der Waals surface area contributed by atoms with Gasteiger partial charge in [-0.25, -0.2) is 0 Å². The molecule has 1 heterocycles. The summed E-state index contributed by atoms with van der Waals surface area (Å²) in [5.41, 5.74) is 0. The number of hydrogen-bond donors (Lipinski definition) is 1. The van der Waals surface area contributed by atoms with Crippen LogP contribution in [0.2, 0.25) is 0 Å². The van der Waals surface area contributed by atoms with Gasteiger partial charge >= 0.3 is 0 Å². The molecule has 1 unspecified atom stereocenters. The summed E-state index contributed by atoms with van der Waals surface area (Å²) in [5.74, 6) is 1.66. The lowest BCUT2D eigenvalue weighted by molar-refractivity contribution is -0.122. The van der Waals surface area contributed by atoms with Crippen LogP contribution in [-0.4, -0.2) is 31.4 Å². The third-order valence-electron chi connectivity index (χ3n) is 3.94. The van der Waals surface area contributed by atoms with Gasteiger partial charge in [0.15, 0.2) is 0 Å². The molecule has 1 fully saturated rings. The van der Waals surface area contributed by atoms with E-state index >= 15 is 0 Å². The van der Waals surface area contributed by atoms with E-state index in [0.29, 0.717) is 18.9 Å². The monoisotopic (exact) mass is 264 g/mol. The number of nitrogens with one attached hydrogen (secondary N) is 1. The highest BCUT2D eigenvalue weighted by Crippen LogP contribution is 2.27. The van der Waals surface area contributed by atoms with Crippen LogP contribution >= 0.6 is 0 Å². The quantitative estimate of drug-likeness (QED) is 0.859. The fourth-order valence-corrected chi connectivity index (χ4v) is 2.78. The number of hydrogen-bond acceptors (Lipinski definition) is 3. The van der Waals surface area contributed by atoms with Crippen LogP contribution in [0.1, 0.15) is 43.9 Å². The Morgan fingerprint density at radius 2 is 2.21 bits per heavy atom. The van der Waals surface area contributed by atoms with E-state index < -0.39 is 0 Å². The zero-order chi connectivity index (χ0) is 13.7. The smallest absolute Gasteiger partial charge is 0.220 e. The predicted molar refractivity (Wildman–Crippen MR) is 74.7 cm³/mol. The van der Waals surface area contributed by atoms with E-state index in [1.807, 2.05) is 26.2 Å². The lowest BCUT2D eigenvalue weighted by Gasteiger charge is -2.23. The predicted octanol–water partition coefficient (Wildman–Crippen LogP) is 2.58. The summed E-state index contributed by atoms with van der Waals surface area (Å²) in [7, 11) is 3.99. The molecule has 2 rings (SSSR count). The molecule has 1 aliphatic rings. The molecule has 1 atom stereocenters. The molecule has 106 valence electrons. The fraction of sp³-hybridized carbons (Fsp3) is 0.667. The van der Waals surface area contributed by atoms with Crippen molar-refractivity contribution in [2.75, 3.05) is 20.6 Å². The van der Waals surface area contributed by atoms with Gasteiger partial charge in [-0.3, -0.25) is 9.69 Å². The van der Waals surface area contributed by atoms with E-state index in [4.69, 9.17) is 4.42 Å². The first-order valence-corrected chi connectivity index (χ1v) is 7.13. The molecule has 1 saturated carbocycles. The van der Waals surface area contributed by atoms with Crippen molar-refractivity contribution in [3.8, 4) is 0 Å². The molecule has 1 aliphatic carbocycles. The number of furan rings is 1. The molecule has 1 N–H and O–H groups in total. The van der Waals surface area contributed by atoms with Crippen molar-refractivity contribution in [1.82, 2.24) is 10.2 Å². The van der Waals surface area contributed by atoms with Crippen molar-refractivity contribution >= 4 is 5.91 Å². The van der Waals surface area contributed by atoms with E-state index in [-0.39, 0.29) is 11.9 Å². The largest absolute Gasteiger partial charge is 0.468 e. The number of carbonyl (C=O) groups excluding carboxylic acids is 1. The van der Waals surface area contributed by atoms with Gasteiger partial charge in [0.2, 0.25) is 5.91 Å². The molecule has 0 saturated heterocycles. The second kappa shape index (κ2) is 6.75. The zero-order valence-electron chi connectivity index (χ0n) is 11.9. The van der Waals surface area contributed by atoms with Crippen LogP contribution in [0.15, 0.2) is 22.8 Å². The Morgan fingerprint density at radius 3 is 2.79 bits per heavy atom. The Morgan fingerprint density at radius 1 is 1.47 bits per heavy atom. The van der Waals surface area contributed by atoms with E-state index in [1.165, 1.54) is 25.7 Å². The molecule has 19 heavy (non-hydrogen) atoms. The molecule has 4 heteroatoms. The average molecular weight is 264 g/mol. The number of carbonyl (C=O) groups is 1. The number of amides is 1. The summed E-state index contributed by atoms with van der Waals surface area (Å²) in [6.45, 7) is 0.603. The van der Waals surface area contributed by atoms with Gasteiger partial charge in [-0.2, -0.15) is 0 Å². The van der Waals surface area contributed by atoms with Gasteiger partial charge in [0.05, 0.1) is 12.3 Å². The maximum absolute atomic E-state index is 11.9. The summed E-state index contributed by atoms with van der Waals surface area (Å²) in [5, 5.41) is 3.04. The Labute approximate surface area is 115 Å². The molecule has 1 amide bonds. The van der Waals surface area contributed by atoms with Crippen LogP contribution in [0, 0.1) is 5.92 Å². The number of likely N-dealkylation sites (N-methyl/N-ethyl adjacent to an activating group) is 1. The van der Waals surface area contributed by atoms with Crippen LogP contribution in [0.4, 0.5) is 0 Å². The third-order valence-corrected chi connectivity index (χ3v) is 3.94. The van der Waals surface area contributed by atoms with Crippen LogP contribution < -0.4 is 5.32 Å². The van der Waals surface area contributed by atoms with Crippen LogP contribution in [0.5, 0.6) is 0 Å². The van der Waals surface area contributed by atoms with Gasteiger partial charge in [0.25, 0.3) is 0 Å². The molecule has 1 aromatic heterocycles. The average Bonchev–Trinajstić information content (AvgIpc) is 3.01. The summed E-state index contributed by atoms with van der Waals surface area (Å²) >= 11 is 0. The summed E-state index contributed by atoms with van der Waals surface area (Å²) < 4.78 is 5.43. The third kappa shape index (κ3) is 4.10. The van der Waals surface area contributed by atoms with Gasteiger partial charge in [-0.15, -0.1) is 0 Å². The lowest BCUT2D eigenvalue weighted by Crippen LogP contribution is -2.34. The number of nitrogens with zero attached hydrogens (tertiary/aromatic N) is 1. The van der Waals surface area contributed by atoms with E-state index in [9.17, 15) is 4.79 Å². The van der Waals surface area contributed by atoms with Gasteiger partial charge < -0.3 is 9.73 Å². The molecule has 0 bridgehead atoms. The molecular weight excluding hydrogens is 240 g/mol.